The first kappa shape index (κ1) is 13.6. The van der Waals surface area contributed by atoms with E-state index in [1.165, 1.54) is 30.6 Å². The summed E-state index contributed by atoms with van der Waals surface area (Å²) in [6.07, 6.45) is 2.60. The summed E-state index contributed by atoms with van der Waals surface area (Å²) in [5, 5.41) is 4.61. The first-order chi connectivity index (χ1) is 9.61. The van der Waals surface area contributed by atoms with Crippen LogP contribution in [0.25, 0.3) is 10.2 Å². The van der Waals surface area contributed by atoms with E-state index >= 15 is 0 Å². The van der Waals surface area contributed by atoms with Gasteiger partial charge in [0.1, 0.15) is 0 Å². The summed E-state index contributed by atoms with van der Waals surface area (Å²) in [6.45, 7) is 5.42. The number of hydrogen-bond acceptors (Lipinski definition) is 5. The third kappa shape index (κ3) is 2.88. The lowest BCUT2D eigenvalue weighted by molar-refractivity contribution is 0.217. The Morgan fingerprint density at radius 3 is 3.15 bits per heavy atom. The van der Waals surface area contributed by atoms with E-state index < -0.39 is 0 Å². The number of nitrogens with one attached hydrogen (secondary N) is 1. The Bertz CT molecular complexity index is 607. The van der Waals surface area contributed by atoms with Gasteiger partial charge in [0.2, 0.25) is 0 Å². The first-order valence-corrected chi connectivity index (χ1v) is 8.02. The number of nitrogen functional groups attached to an aromatic ring is 1. The fourth-order valence-corrected chi connectivity index (χ4v) is 3.81. The lowest BCUT2D eigenvalue weighted by atomic mass is 9.98. The molecule has 1 unspecified atom stereocenters. The molecule has 0 spiro atoms. The molecule has 0 radical (unpaired) electrons. The van der Waals surface area contributed by atoms with E-state index in [1.54, 1.807) is 11.3 Å². The number of benzene rings is 1. The van der Waals surface area contributed by atoms with Crippen molar-refractivity contribution in [1.29, 1.82) is 0 Å². The van der Waals surface area contributed by atoms with Crippen LogP contribution < -0.4 is 11.1 Å². The molecular weight excluding hydrogens is 268 g/mol. The topological polar surface area (TPSA) is 54.2 Å². The second-order valence-corrected chi connectivity index (χ2v) is 7.03. The number of rotatable bonds is 3. The average molecular weight is 290 g/mol. The van der Waals surface area contributed by atoms with Crippen LogP contribution in [0.4, 0.5) is 11.4 Å². The SMILES string of the molecule is Cc1nc2cc(NCC3CCCN(C)C3)c(N)cc2s1. The molecule has 0 aliphatic carbocycles. The van der Waals surface area contributed by atoms with E-state index in [9.17, 15) is 0 Å². The highest BCUT2D eigenvalue weighted by Crippen LogP contribution is 2.30. The number of piperidine rings is 1. The van der Waals surface area contributed by atoms with Gasteiger partial charge in [0.05, 0.1) is 26.6 Å². The van der Waals surface area contributed by atoms with Crippen molar-refractivity contribution in [2.24, 2.45) is 5.92 Å². The van der Waals surface area contributed by atoms with Crippen LogP contribution in [0.15, 0.2) is 12.1 Å². The molecule has 1 aromatic carbocycles. The number of hydrogen-bond donors (Lipinski definition) is 2. The van der Waals surface area contributed by atoms with Crippen molar-refractivity contribution in [2.75, 3.05) is 37.7 Å². The molecule has 1 fully saturated rings. The highest BCUT2D eigenvalue weighted by molar-refractivity contribution is 7.18. The Labute approximate surface area is 124 Å². The van der Waals surface area contributed by atoms with Gasteiger partial charge in [-0.3, -0.25) is 0 Å². The number of aryl methyl sites for hydroxylation is 1. The summed E-state index contributed by atoms with van der Waals surface area (Å²) >= 11 is 1.70. The zero-order valence-electron chi connectivity index (χ0n) is 12.1. The molecule has 20 heavy (non-hydrogen) atoms. The summed E-state index contributed by atoms with van der Waals surface area (Å²) in [5.74, 6) is 0.709. The molecule has 2 aromatic rings. The highest BCUT2D eigenvalue weighted by Gasteiger charge is 2.17. The Hall–Kier alpha value is -1.33. The Balaban J connectivity index is 1.71. The van der Waals surface area contributed by atoms with Gasteiger partial charge in [-0.2, -0.15) is 0 Å². The van der Waals surface area contributed by atoms with E-state index in [1.807, 2.05) is 13.0 Å². The Morgan fingerprint density at radius 1 is 1.50 bits per heavy atom. The van der Waals surface area contributed by atoms with Gasteiger partial charge in [-0.05, 0) is 51.4 Å². The van der Waals surface area contributed by atoms with E-state index in [0.29, 0.717) is 5.92 Å². The zero-order valence-corrected chi connectivity index (χ0v) is 13.0. The summed E-state index contributed by atoms with van der Waals surface area (Å²) < 4.78 is 1.17. The molecule has 4 nitrogen and oxygen atoms in total. The zero-order chi connectivity index (χ0) is 14.1. The van der Waals surface area contributed by atoms with Gasteiger partial charge in [0.25, 0.3) is 0 Å². The van der Waals surface area contributed by atoms with Gasteiger partial charge in [-0.1, -0.05) is 0 Å². The van der Waals surface area contributed by atoms with Crippen molar-refractivity contribution in [2.45, 2.75) is 19.8 Å². The fourth-order valence-electron chi connectivity index (χ4n) is 2.95. The monoisotopic (exact) mass is 290 g/mol. The van der Waals surface area contributed by atoms with Crippen LogP contribution in [0.3, 0.4) is 0 Å². The molecule has 0 saturated carbocycles. The van der Waals surface area contributed by atoms with E-state index in [4.69, 9.17) is 5.73 Å². The molecule has 2 heterocycles. The molecule has 1 atom stereocenters. The molecule has 1 saturated heterocycles. The van der Waals surface area contributed by atoms with Gasteiger partial charge >= 0.3 is 0 Å². The minimum atomic E-state index is 0.709. The molecule has 0 bridgehead atoms. The minimum Gasteiger partial charge on any atom is -0.397 e. The molecule has 3 N–H and O–H groups in total. The van der Waals surface area contributed by atoms with Crippen molar-refractivity contribution >= 4 is 32.9 Å². The van der Waals surface area contributed by atoms with E-state index in [0.717, 1.165) is 28.4 Å². The van der Waals surface area contributed by atoms with Crippen LogP contribution in [-0.2, 0) is 0 Å². The molecule has 3 rings (SSSR count). The Kier molecular flexibility index (Phi) is 3.81. The average Bonchev–Trinajstić information content (AvgIpc) is 2.75. The molecule has 1 aromatic heterocycles. The number of anilines is 2. The molecule has 0 amide bonds. The summed E-state index contributed by atoms with van der Waals surface area (Å²) in [6, 6.07) is 4.12. The van der Waals surface area contributed by atoms with Crippen LogP contribution >= 0.6 is 11.3 Å². The van der Waals surface area contributed by atoms with Crippen molar-refractivity contribution in [1.82, 2.24) is 9.88 Å². The normalized spacial score (nSPS) is 20.4. The predicted molar refractivity (Wildman–Crippen MR) is 87.5 cm³/mol. The van der Waals surface area contributed by atoms with Crippen molar-refractivity contribution in [3.05, 3.63) is 17.1 Å². The lowest BCUT2D eigenvalue weighted by Crippen LogP contribution is -2.35. The number of aromatic nitrogens is 1. The Morgan fingerprint density at radius 2 is 2.35 bits per heavy atom. The summed E-state index contributed by atoms with van der Waals surface area (Å²) in [4.78, 5) is 6.95. The minimum absolute atomic E-state index is 0.709. The fraction of sp³-hybridized carbons (Fsp3) is 0.533. The van der Waals surface area contributed by atoms with Gasteiger partial charge in [-0.25, -0.2) is 4.98 Å². The highest BCUT2D eigenvalue weighted by atomic mass is 32.1. The third-order valence-corrected chi connectivity index (χ3v) is 4.90. The number of fused-ring (bicyclic) bond motifs is 1. The van der Waals surface area contributed by atoms with Gasteiger partial charge < -0.3 is 16.0 Å². The first-order valence-electron chi connectivity index (χ1n) is 7.21. The summed E-state index contributed by atoms with van der Waals surface area (Å²) in [5.41, 5.74) is 9.04. The molecular formula is C15H22N4S. The molecule has 5 heteroatoms. The molecule has 1 aliphatic rings. The second kappa shape index (κ2) is 5.58. The number of nitrogens with zero attached hydrogens (tertiary/aromatic N) is 2. The number of thiazole rings is 1. The maximum absolute atomic E-state index is 6.14. The van der Waals surface area contributed by atoms with E-state index in [2.05, 4.69) is 28.3 Å². The van der Waals surface area contributed by atoms with Crippen LogP contribution in [-0.4, -0.2) is 36.6 Å². The van der Waals surface area contributed by atoms with Gasteiger partial charge in [0, 0.05) is 13.1 Å². The van der Waals surface area contributed by atoms with Crippen molar-refractivity contribution in [3.63, 3.8) is 0 Å². The van der Waals surface area contributed by atoms with Gasteiger partial charge in [-0.15, -0.1) is 11.3 Å². The standard InChI is InChI=1S/C15H22N4S/c1-10-18-14-7-13(12(16)6-15(14)20-10)17-8-11-4-3-5-19(2)9-11/h6-7,11,17H,3-5,8-9,16H2,1-2H3. The van der Waals surface area contributed by atoms with Crippen LogP contribution in [0.2, 0.25) is 0 Å². The number of nitrogens with two attached hydrogens (primary N) is 1. The predicted octanol–water partition coefficient (Wildman–Crippen LogP) is 2.94. The largest absolute Gasteiger partial charge is 0.397 e. The quantitative estimate of drug-likeness (QED) is 0.853. The van der Waals surface area contributed by atoms with Crippen molar-refractivity contribution in [3.8, 4) is 0 Å². The summed E-state index contributed by atoms with van der Waals surface area (Å²) in [7, 11) is 2.20. The van der Waals surface area contributed by atoms with Crippen LogP contribution in [0.5, 0.6) is 0 Å². The molecule has 108 valence electrons. The maximum Gasteiger partial charge on any atom is 0.0907 e. The maximum atomic E-state index is 6.14. The van der Waals surface area contributed by atoms with Gasteiger partial charge in [0.15, 0.2) is 0 Å². The number of likely N-dealkylation sites (tertiary alicyclic amines) is 1. The van der Waals surface area contributed by atoms with Crippen molar-refractivity contribution < 1.29 is 0 Å². The lowest BCUT2D eigenvalue weighted by Gasteiger charge is -2.30. The smallest absolute Gasteiger partial charge is 0.0907 e. The molecule has 1 aliphatic heterocycles. The van der Waals surface area contributed by atoms with Crippen LogP contribution in [0, 0.1) is 12.8 Å². The van der Waals surface area contributed by atoms with Crippen LogP contribution in [0.1, 0.15) is 17.8 Å². The third-order valence-electron chi connectivity index (χ3n) is 3.97. The van der Waals surface area contributed by atoms with E-state index in [-0.39, 0.29) is 0 Å². The second-order valence-electron chi connectivity index (χ2n) is 5.79.